The molecule has 0 spiro atoms. The van der Waals surface area contributed by atoms with E-state index in [1.807, 2.05) is 42.2 Å². The second-order valence-electron chi connectivity index (χ2n) is 13.9. The monoisotopic (exact) mass is 633 g/mol. The summed E-state index contributed by atoms with van der Waals surface area (Å²) in [6.45, 7) is 8.72. The van der Waals surface area contributed by atoms with Gasteiger partial charge in [0.25, 0.3) is 0 Å². The van der Waals surface area contributed by atoms with Crippen molar-refractivity contribution < 1.29 is 13.2 Å². The average molecular weight is 634 g/mol. The van der Waals surface area contributed by atoms with Gasteiger partial charge in [0.15, 0.2) is 0 Å². The summed E-state index contributed by atoms with van der Waals surface area (Å²) in [5, 5.41) is 4.62. The number of aryl methyl sites for hydroxylation is 1. The van der Waals surface area contributed by atoms with Gasteiger partial charge in [-0.2, -0.15) is 13.2 Å². The third-order valence-corrected chi connectivity index (χ3v) is 9.60. The van der Waals surface area contributed by atoms with Gasteiger partial charge in [-0.05, 0) is 152 Å². The first-order valence-corrected chi connectivity index (χ1v) is 16.2. The predicted octanol–water partition coefficient (Wildman–Crippen LogP) is 13.4. The Kier molecular flexibility index (Phi) is 6.78. The van der Waals surface area contributed by atoms with E-state index in [0.29, 0.717) is 5.69 Å². The van der Waals surface area contributed by atoms with E-state index >= 15 is 0 Å². The minimum atomic E-state index is -4.39. The number of alkyl halides is 3. The molecule has 0 unspecified atom stereocenters. The van der Waals surface area contributed by atoms with Crippen LogP contribution in [0, 0.1) is 6.92 Å². The lowest BCUT2D eigenvalue weighted by molar-refractivity contribution is -0.137. The molecule has 0 saturated carbocycles. The summed E-state index contributed by atoms with van der Waals surface area (Å²) in [4.78, 5) is 2.01. The Balaban J connectivity index is 1.16. The van der Waals surface area contributed by atoms with Crippen LogP contribution in [0.2, 0.25) is 0 Å². The van der Waals surface area contributed by atoms with Gasteiger partial charge in [0.2, 0.25) is 0 Å². The van der Waals surface area contributed by atoms with Gasteiger partial charge in [-0.1, -0.05) is 80.9 Å². The summed E-state index contributed by atoms with van der Waals surface area (Å²) < 4.78 is 40.1. The van der Waals surface area contributed by atoms with Crippen LogP contribution < -0.4 is 4.90 Å². The number of anilines is 3. The fraction of sp³-hybridized carbons (Fsp3) is 0.136. The number of halogens is 3. The molecule has 0 aliphatic heterocycles. The normalized spacial score (nSPS) is 12.5. The maximum Gasteiger partial charge on any atom is 0.416 e. The van der Waals surface area contributed by atoms with Crippen molar-refractivity contribution in [2.24, 2.45) is 0 Å². The van der Waals surface area contributed by atoms with Gasteiger partial charge in [0.05, 0.1) is 5.56 Å². The first-order chi connectivity index (χ1) is 22.9. The van der Waals surface area contributed by atoms with E-state index in [1.165, 1.54) is 61.8 Å². The van der Waals surface area contributed by atoms with E-state index in [9.17, 15) is 13.2 Å². The van der Waals surface area contributed by atoms with Crippen LogP contribution in [0.15, 0.2) is 133 Å². The molecule has 0 amide bonds. The van der Waals surface area contributed by atoms with Gasteiger partial charge in [0.1, 0.15) is 0 Å². The molecule has 4 heteroatoms. The van der Waals surface area contributed by atoms with Crippen molar-refractivity contribution >= 4 is 38.6 Å². The number of nitrogens with zero attached hydrogens (tertiary/aromatic N) is 1. The van der Waals surface area contributed by atoms with Gasteiger partial charge in [-0.15, -0.1) is 0 Å². The first kappa shape index (κ1) is 30.0. The van der Waals surface area contributed by atoms with Crippen LogP contribution in [-0.4, -0.2) is 0 Å². The Morgan fingerprint density at radius 2 is 0.854 bits per heavy atom. The summed E-state index contributed by atoms with van der Waals surface area (Å²) in [5.41, 5.74) is 11.7. The van der Waals surface area contributed by atoms with Gasteiger partial charge in [0, 0.05) is 17.1 Å². The van der Waals surface area contributed by atoms with Gasteiger partial charge >= 0.3 is 6.18 Å². The summed E-state index contributed by atoms with van der Waals surface area (Å²) in [5.74, 6) is 0. The predicted molar refractivity (Wildman–Crippen MR) is 194 cm³/mol. The average Bonchev–Trinajstić information content (AvgIpc) is 3.07. The molecule has 1 aliphatic rings. The van der Waals surface area contributed by atoms with Crippen LogP contribution in [0.5, 0.6) is 0 Å². The smallest absolute Gasteiger partial charge is 0.310 e. The van der Waals surface area contributed by atoms with Crippen LogP contribution in [0.4, 0.5) is 30.2 Å². The van der Waals surface area contributed by atoms with E-state index in [2.05, 4.69) is 99.6 Å². The lowest BCUT2D eigenvalue weighted by atomic mass is 9.77. The number of hydrogen-bond donors (Lipinski definition) is 0. The van der Waals surface area contributed by atoms with Crippen molar-refractivity contribution in [1.29, 1.82) is 0 Å². The minimum Gasteiger partial charge on any atom is -0.310 e. The second kappa shape index (κ2) is 10.8. The molecule has 0 bridgehead atoms. The third kappa shape index (κ3) is 5.22. The topological polar surface area (TPSA) is 3.24 Å². The highest BCUT2D eigenvalue weighted by atomic mass is 19.4. The van der Waals surface area contributed by atoms with Crippen LogP contribution in [0.1, 0.15) is 37.5 Å². The van der Waals surface area contributed by atoms with Crippen molar-refractivity contribution in [3.8, 4) is 33.4 Å². The van der Waals surface area contributed by atoms with E-state index in [0.717, 1.165) is 39.8 Å². The maximum absolute atomic E-state index is 13.4. The molecule has 0 radical (unpaired) electrons. The minimum absolute atomic E-state index is 0.121. The summed E-state index contributed by atoms with van der Waals surface area (Å²) in [6, 6.07) is 44.4. The second-order valence-corrected chi connectivity index (χ2v) is 13.9. The SMILES string of the molecule is Cc1ccc(N(c2ccc(C(F)(F)F)cc2)c2ccc3cc4c(cc3c2)-c2cc3ccc(-c5ccc(C(C)(C)C)cc5)cc3cc2-4)cc1. The number of fused-ring (bicyclic) bond motifs is 6. The van der Waals surface area contributed by atoms with Gasteiger partial charge < -0.3 is 4.90 Å². The van der Waals surface area contributed by atoms with Crippen molar-refractivity contribution in [2.75, 3.05) is 4.90 Å². The molecule has 236 valence electrons. The van der Waals surface area contributed by atoms with Crippen LogP contribution in [0.25, 0.3) is 54.9 Å². The van der Waals surface area contributed by atoms with Gasteiger partial charge in [-0.25, -0.2) is 0 Å². The number of rotatable bonds is 4. The zero-order valence-corrected chi connectivity index (χ0v) is 27.3. The fourth-order valence-corrected chi connectivity index (χ4v) is 6.83. The molecule has 0 heterocycles. The molecule has 1 aliphatic carbocycles. The van der Waals surface area contributed by atoms with E-state index in [4.69, 9.17) is 0 Å². The lowest BCUT2D eigenvalue weighted by Crippen LogP contribution is -2.11. The molecule has 0 fully saturated rings. The highest BCUT2D eigenvalue weighted by Crippen LogP contribution is 2.51. The van der Waals surface area contributed by atoms with Crippen molar-refractivity contribution in [2.45, 2.75) is 39.3 Å². The molecule has 0 aromatic heterocycles. The molecular formula is C44H34F3N. The molecule has 48 heavy (non-hydrogen) atoms. The largest absolute Gasteiger partial charge is 0.416 e. The molecule has 0 saturated heterocycles. The quantitative estimate of drug-likeness (QED) is 0.186. The molecule has 8 rings (SSSR count). The maximum atomic E-state index is 13.4. The van der Waals surface area contributed by atoms with E-state index in [1.54, 1.807) is 0 Å². The van der Waals surface area contributed by atoms with Crippen LogP contribution in [-0.2, 0) is 11.6 Å². The third-order valence-electron chi connectivity index (χ3n) is 9.60. The Labute approximate surface area is 278 Å². The van der Waals surface area contributed by atoms with Crippen LogP contribution in [0.3, 0.4) is 0 Å². The lowest BCUT2D eigenvalue weighted by Gasteiger charge is -2.28. The Bertz CT molecular complexity index is 2340. The standard InChI is InChI=1S/C44H34F3N/c1-27-5-16-36(17-6-27)48(37-19-14-35(15-20-37)44(45,46)47)38-18-11-31-24-40-41-25-32-21-29(28-9-12-34(13-10-28)43(2,3)4)7-8-30(32)23-39(41)42(40)26-33(31)22-38/h5-26H,1-4H3. The highest BCUT2D eigenvalue weighted by Gasteiger charge is 2.30. The first-order valence-electron chi connectivity index (χ1n) is 16.2. The Hall–Kier alpha value is -5.35. The summed E-state index contributed by atoms with van der Waals surface area (Å²) in [6.07, 6.45) is -4.39. The number of benzene rings is 7. The summed E-state index contributed by atoms with van der Waals surface area (Å²) >= 11 is 0. The van der Waals surface area contributed by atoms with Gasteiger partial charge in [-0.3, -0.25) is 0 Å². The fourth-order valence-electron chi connectivity index (χ4n) is 6.83. The molecular weight excluding hydrogens is 599 g/mol. The molecule has 1 nitrogen and oxygen atoms in total. The van der Waals surface area contributed by atoms with Crippen molar-refractivity contribution in [3.05, 3.63) is 150 Å². The molecule has 7 aromatic carbocycles. The van der Waals surface area contributed by atoms with Crippen LogP contribution >= 0.6 is 0 Å². The molecule has 7 aromatic rings. The van der Waals surface area contributed by atoms with Crippen molar-refractivity contribution in [3.63, 3.8) is 0 Å². The number of hydrogen-bond acceptors (Lipinski definition) is 1. The zero-order chi connectivity index (χ0) is 33.4. The zero-order valence-electron chi connectivity index (χ0n) is 27.3. The summed E-state index contributed by atoms with van der Waals surface area (Å²) in [7, 11) is 0. The Morgan fingerprint density at radius 1 is 0.417 bits per heavy atom. The highest BCUT2D eigenvalue weighted by molar-refractivity contribution is 6.12. The van der Waals surface area contributed by atoms with Crippen molar-refractivity contribution in [1.82, 2.24) is 0 Å². The molecule has 0 N–H and O–H groups in total. The molecule has 0 atom stereocenters. The van der Waals surface area contributed by atoms with E-state index in [-0.39, 0.29) is 5.41 Å². The Morgan fingerprint density at radius 3 is 1.40 bits per heavy atom. The van der Waals surface area contributed by atoms with E-state index < -0.39 is 11.7 Å².